The molecule has 0 atom stereocenters. The first-order chi connectivity index (χ1) is 13.3. The van der Waals surface area contributed by atoms with Gasteiger partial charge in [-0.3, -0.25) is 4.79 Å². The third kappa shape index (κ3) is 7.85. The predicted octanol–water partition coefficient (Wildman–Crippen LogP) is 3.48. The predicted molar refractivity (Wildman–Crippen MR) is 101 cm³/mol. The van der Waals surface area contributed by atoms with Crippen LogP contribution in [0.2, 0.25) is 0 Å². The van der Waals surface area contributed by atoms with E-state index in [4.69, 9.17) is 4.74 Å². The number of sulfonamides is 1. The minimum atomic E-state index is -4.39. The third-order valence-corrected chi connectivity index (χ3v) is 6.07. The van der Waals surface area contributed by atoms with Gasteiger partial charge in [-0.1, -0.05) is 12.1 Å². The van der Waals surface area contributed by atoms with Gasteiger partial charge >= 0.3 is 12.1 Å². The van der Waals surface area contributed by atoms with E-state index in [0.717, 1.165) is 5.56 Å². The summed E-state index contributed by atoms with van der Waals surface area (Å²) in [7, 11) is -3.76. The number of ether oxygens (including phenoxy) is 2. The van der Waals surface area contributed by atoms with Crippen LogP contribution in [0.1, 0.15) is 45.1 Å². The Bertz CT molecular complexity index is 793. The van der Waals surface area contributed by atoms with Crippen LogP contribution in [0.3, 0.4) is 0 Å². The summed E-state index contributed by atoms with van der Waals surface area (Å²) in [5.41, 5.74) is 0.156. The largest absolute Gasteiger partial charge is 0.484 e. The van der Waals surface area contributed by atoms with Crippen molar-refractivity contribution in [2.75, 3.05) is 25.4 Å². The second-order valence-corrected chi connectivity index (χ2v) is 9.96. The van der Waals surface area contributed by atoms with E-state index in [-0.39, 0.29) is 24.8 Å². The van der Waals surface area contributed by atoms with Crippen LogP contribution in [0.5, 0.6) is 5.75 Å². The minimum absolute atomic E-state index is 0.0830. The molecule has 0 spiro atoms. The monoisotopic (exact) mass is 437 g/mol. The highest BCUT2D eigenvalue weighted by molar-refractivity contribution is 7.89. The van der Waals surface area contributed by atoms with Crippen molar-refractivity contribution in [1.82, 2.24) is 4.31 Å². The van der Waals surface area contributed by atoms with Crippen LogP contribution in [0.15, 0.2) is 24.3 Å². The normalized spacial score (nSPS) is 17.2. The van der Waals surface area contributed by atoms with Crippen molar-refractivity contribution < 1.29 is 35.9 Å². The molecular formula is C19H26F3NO5S. The van der Waals surface area contributed by atoms with Crippen molar-refractivity contribution in [3.05, 3.63) is 29.8 Å². The van der Waals surface area contributed by atoms with Crippen LogP contribution >= 0.6 is 0 Å². The first kappa shape index (κ1) is 23.5. The van der Waals surface area contributed by atoms with Crippen LogP contribution in [-0.2, 0) is 19.6 Å². The van der Waals surface area contributed by atoms with Gasteiger partial charge in [0.15, 0.2) is 12.4 Å². The van der Waals surface area contributed by atoms with Gasteiger partial charge in [-0.05, 0) is 57.2 Å². The molecule has 1 fully saturated rings. The van der Waals surface area contributed by atoms with Crippen molar-refractivity contribution in [3.63, 3.8) is 0 Å². The summed E-state index contributed by atoms with van der Waals surface area (Å²) in [5, 5.41) is 0. The number of piperidine rings is 1. The lowest BCUT2D eigenvalue weighted by atomic mass is 9.90. The summed E-state index contributed by atoms with van der Waals surface area (Å²) in [6, 6.07) is 6.35. The van der Waals surface area contributed by atoms with Crippen molar-refractivity contribution in [3.8, 4) is 5.75 Å². The zero-order valence-corrected chi connectivity index (χ0v) is 17.5. The topological polar surface area (TPSA) is 72.9 Å². The van der Waals surface area contributed by atoms with Gasteiger partial charge in [-0.2, -0.15) is 13.2 Å². The first-order valence-electron chi connectivity index (χ1n) is 9.24. The molecule has 0 amide bonds. The third-order valence-electron chi connectivity index (χ3n) is 4.32. The highest BCUT2D eigenvalue weighted by atomic mass is 32.2. The molecule has 0 unspecified atom stereocenters. The summed E-state index contributed by atoms with van der Waals surface area (Å²) >= 11 is 0. The molecule has 0 N–H and O–H groups in total. The van der Waals surface area contributed by atoms with E-state index in [1.807, 2.05) is 0 Å². The number of benzene rings is 1. The number of esters is 1. The number of hydrogen-bond donors (Lipinski definition) is 0. The number of halogens is 3. The summed E-state index contributed by atoms with van der Waals surface area (Å²) in [6.45, 7) is 4.19. The molecule has 1 aromatic rings. The standard InChI is InChI=1S/C19H26F3NO5S/c1-18(2,3)28-17(24)12-29(25,26)23-10-8-15(9-11-23)14-4-6-16(7-5-14)27-13-19(20,21)22/h4-7,15H,8-13H2,1-3H3. The molecule has 1 aromatic carbocycles. The Balaban J connectivity index is 1.89. The molecule has 0 aliphatic carbocycles. The number of carbonyl (C=O) groups is 1. The van der Waals surface area contributed by atoms with Gasteiger partial charge in [0.05, 0.1) is 0 Å². The lowest BCUT2D eigenvalue weighted by molar-refractivity contribution is -0.153. The molecule has 6 nitrogen and oxygen atoms in total. The number of alkyl halides is 3. The molecule has 0 radical (unpaired) electrons. The number of rotatable bonds is 6. The van der Waals surface area contributed by atoms with E-state index in [2.05, 4.69) is 4.74 Å². The summed E-state index contributed by atoms with van der Waals surface area (Å²) in [6.07, 6.45) is -3.29. The second kappa shape index (κ2) is 8.91. The van der Waals surface area contributed by atoms with Crippen molar-refractivity contribution >= 4 is 16.0 Å². The number of nitrogens with zero attached hydrogens (tertiary/aromatic N) is 1. The lowest BCUT2D eigenvalue weighted by Crippen LogP contribution is -2.41. The molecule has 1 heterocycles. The molecule has 1 aliphatic heterocycles. The summed E-state index contributed by atoms with van der Waals surface area (Å²) in [4.78, 5) is 11.8. The molecule has 0 aromatic heterocycles. The van der Waals surface area contributed by atoms with E-state index < -0.39 is 40.1 Å². The van der Waals surface area contributed by atoms with Crippen molar-refractivity contribution in [1.29, 1.82) is 0 Å². The van der Waals surface area contributed by atoms with Crippen LogP contribution in [-0.4, -0.2) is 55.9 Å². The Morgan fingerprint density at radius 3 is 2.14 bits per heavy atom. The fourth-order valence-electron chi connectivity index (χ4n) is 3.08. The molecule has 0 bridgehead atoms. The van der Waals surface area contributed by atoms with Crippen LogP contribution < -0.4 is 4.74 Å². The smallest absolute Gasteiger partial charge is 0.422 e. The SMILES string of the molecule is CC(C)(C)OC(=O)CS(=O)(=O)N1CCC(c2ccc(OCC(F)(F)F)cc2)CC1. The molecule has 2 rings (SSSR count). The van der Waals surface area contributed by atoms with E-state index in [9.17, 15) is 26.4 Å². The fourth-order valence-corrected chi connectivity index (χ4v) is 4.39. The van der Waals surface area contributed by atoms with Gasteiger partial charge in [-0.25, -0.2) is 12.7 Å². The van der Waals surface area contributed by atoms with Crippen LogP contribution in [0.4, 0.5) is 13.2 Å². The first-order valence-corrected chi connectivity index (χ1v) is 10.9. The molecule has 0 saturated carbocycles. The Hall–Kier alpha value is -1.81. The summed E-state index contributed by atoms with van der Waals surface area (Å²) < 4.78 is 72.5. The van der Waals surface area contributed by atoms with E-state index in [1.54, 1.807) is 32.9 Å². The van der Waals surface area contributed by atoms with Crippen molar-refractivity contribution in [2.24, 2.45) is 0 Å². The molecule has 29 heavy (non-hydrogen) atoms. The van der Waals surface area contributed by atoms with Crippen LogP contribution in [0.25, 0.3) is 0 Å². The van der Waals surface area contributed by atoms with Gasteiger partial charge in [0, 0.05) is 13.1 Å². The number of carbonyl (C=O) groups excluding carboxylic acids is 1. The Kier molecular flexibility index (Phi) is 7.21. The average molecular weight is 437 g/mol. The van der Waals surface area contributed by atoms with Gasteiger partial charge in [0.1, 0.15) is 11.4 Å². The molecular weight excluding hydrogens is 411 g/mol. The average Bonchev–Trinajstić information content (AvgIpc) is 2.58. The maximum absolute atomic E-state index is 12.4. The quantitative estimate of drug-likeness (QED) is 0.637. The van der Waals surface area contributed by atoms with Gasteiger partial charge in [0.2, 0.25) is 10.0 Å². The molecule has 1 saturated heterocycles. The Labute approximate surface area is 169 Å². The molecule has 10 heteroatoms. The van der Waals surface area contributed by atoms with Gasteiger partial charge in [0.25, 0.3) is 0 Å². The maximum Gasteiger partial charge on any atom is 0.422 e. The van der Waals surface area contributed by atoms with Gasteiger partial charge < -0.3 is 9.47 Å². The minimum Gasteiger partial charge on any atom is -0.484 e. The molecule has 164 valence electrons. The van der Waals surface area contributed by atoms with Crippen LogP contribution in [0, 0.1) is 0 Å². The Morgan fingerprint density at radius 1 is 1.10 bits per heavy atom. The van der Waals surface area contributed by atoms with Gasteiger partial charge in [-0.15, -0.1) is 0 Å². The highest BCUT2D eigenvalue weighted by Gasteiger charge is 2.32. The highest BCUT2D eigenvalue weighted by Crippen LogP contribution is 2.30. The Morgan fingerprint density at radius 2 is 1.66 bits per heavy atom. The van der Waals surface area contributed by atoms with E-state index >= 15 is 0 Å². The van der Waals surface area contributed by atoms with E-state index in [1.165, 1.54) is 16.4 Å². The number of hydrogen-bond acceptors (Lipinski definition) is 5. The van der Waals surface area contributed by atoms with E-state index in [0.29, 0.717) is 12.8 Å². The second-order valence-electron chi connectivity index (χ2n) is 7.99. The zero-order valence-electron chi connectivity index (χ0n) is 16.7. The lowest BCUT2D eigenvalue weighted by Gasteiger charge is -2.31. The fraction of sp³-hybridized carbons (Fsp3) is 0.632. The zero-order chi connectivity index (χ0) is 21.9. The maximum atomic E-state index is 12.4. The summed E-state index contributed by atoms with van der Waals surface area (Å²) in [5.74, 6) is -1.27. The van der Waals surface area contributed by atoms with Crippen molar-refractivity contribution in [2.45, 2.75) is 51.3 Å². The molecule has 1 aliphatic rings.